The predicted molar refractivity (Wildman–Crippen MR) is 106 cm³/mol. The fourth-order valence-electron chi connectivity index (χ4n) is 4.78. The van der Waals surface area contributed by atoms with Gasteiger partial charge in [-0.25, -0.2) is 9.18 Å². The summed E-state index contributed by atoms with van der Waals surface area (Å²) >= 11 is 0. The maximum atomic E-state index is 15.3. The van der Waals surface area contributed by atoms with Crippen LogP contribution in [0.1, 0.15) is 39.2 Å². The minimum Gasteiger partial charge on any atom is -0.493 e. The van der Waals surface area contributed by atoms with Gasteiger partial charge in [0.1, 0.15) is 11.7 Å². The number of halogens is 1. The van der Waals surface area contributed by atoms with Crippen molar-refractivity contribution in [3.63, 3.8) is 0 Å². The van der Waals surface area contributed by atoms with E-state index in [1.807, 2.05) is 11.9 Å². The van der Waals surface area contributed by atoms with Gasteiger partial charge >= 0.3 is 5.97 Å². The van der Waals surface area contributed by atoms with Gasteiger partial charge in [0.05, 0.1) is 27.4 Å². The Labute approximate surface area is 178 Å². The average molecular weight is 431 g/mol. The van der Waals surface area contributed by atoms with Crippen LogP contribution in [0.25, 0.3) is 0 Å². The molecule has 5 rings (SSSR count). The van der Waals surface area contributed by atoms with Gasteiger partial charge in [0.25, 0.3) is 0 Å². The van der Waals surface area contributed by atoms with Gasteiger partial charge in [-0.15, -0.1) is 0 Å². The molecule has 0 fully saturated rings. The summed E-state index contributed by atoms with van der Waals surface area (Å²) in [5.41, 5.74) is 2.03. The number of esters is 1. The van der Waals surface area contributed by atoms with E-state index in [1.165, 1.54) is 21.3 Å². The standard InChI is InChI=1S/C22H22FNO7/c1-24-8-7-10-13(19(28-4)21-20(15(10)23)29-9-30-21)16(24)17-11-5-6-12(26-2)18(27-3)14(11)22(25)31-17/h5-6,16-17H,7-9H2,1-4H3. The van der Waals surface area contributed by atoms with Gasteiger partial charge in [-0.1, -0.05) is 6.07 Å². The van der Waals surface area contributed by atoms with E-state index in [9.17, 15) is 4.79 Å². The Hall–Kier alpha value is -3.20. The van der Waals surface area contributed by atoms with Gasteiger partial charge < -0.3 is 28.4 Å². The minimum atomic E-state index is -0.694. The first kappa shape index (κ1) is 19.7. The molecule has 3 heterocycles. The number of carbonyl (C=O) groups excluding carboxylic acids is 1. The van der Waals surface area contributed by atoms with Crippen molar-refractivity contribution in [3.05, 3.63) is 40.2 Å². The highest BCUT2D eigenvalue weighted by Gasteiger charge is 2.47. The molecular formula is C22H22FNO7. The molecule has 0 saturated heterocycles. The van der Waals surface area contributed by atoms with Gasteiger partial charge in [0.2, 0.25) is 18.3 Å². The summed E-state index contributed by atoms with van der Waals surface area (Å²) in [4.78, 5) is 14.9. The molecule has 3 aliphatic heterocycles. The van der Waals surface area contributed by atoms with Crippen molar-refractivity contribution in [2.24, 2.45) is 0 Å². The molecule has 0 bridgehead atoms. The molecule has 0 aromatic heterocycles. The lowest BCUT2D eigenvalue weighted by Crippen LogP contribution is -2.36. The van der Waals surface area contributed by atoms with Gasteiger partial charge in [-0.05, 0) is 19.5 Å². The molecule has 0 saturated carbocycles. The predicted octanol–water partition coefficient (Wildman–Crippen LogP) is 3.02. The normalized spacial score (nSPS) is 21.4. The SMILES string of the molecule is COc1ccc2c(c1OC)C(=O)OC2C1c2c(c(F)c3c(c2OC)OCO3)CCN1C. The molecule has 0 N–H and O–H groups in total. The fraction of sp³-hybridized carbons (Fsp3) is 0.409. The van der Waals surface area contributed by atoms with Crippen LogP contribution in [0.4, 0.5) is 4.39 Å². The molecule has 9 heteroatoms. The van der Waals surface area contributed by atoms with E-state index < -0.39 is 23.9 Å². The molecule has 31 heavy (non-hydrogen) atoms. The number of ether oxygens (including phenoxy) is 6. The lowest BCUT2D eigenvalue weighted by molar-refractivity contribution is 0.00854. The van der Waals surface area contributed by atoms with E-state index in [0.29, 0.717) is 52.5 Å². The van der Waals surface area contributed by atoms with Gasteiger partial charge in [-0.2, -0.15) is 0 Å². The van der Waals surface area contributed by atoms with Gasteiger partial charge in [-0.3, -0.25) is 4.90 Å². The zero-order valence-electron chi connectivity index (χ0n) is 17.6. The van der Waals surface area contributed by atoms with Crippen LogP contribution in [0.5, 0.6) is 28.7 Å². The van der Waals surface area contributed by atoms with Crippen LogP contribution in [0, 0.1) is 5.82 Å². The monoisotopic (exact) mass is 431 g/mol. The first-order valence-electron chi connectivity index (χ1n) is 9.85. The summed E-state index contributed by atoms with van der Waals surface area (Å²) in [6, 6.07) is 3.02. The van der Waals surface area contributed by atoms with E-state index in [0.717, 1.165) is 0 Å². The largest absolute Gasteiger partial charge is 0.493 e. The summed E-state index contributed by atoms with van der Waals surface area (Å²) in [5, 5.41) is 0. The van der Waals surface area contributed by atoms with E-state index in [4.69, 9.17) is 28.4 Å². The molecule has 2 atom stereocenters. The molecule has 2 unspecified atom stereocenters. The molecule has 3 aliphatic rings. The van der Waals surface area contributed by atoms with Crippen molar-refractivity contribution in [1.82, 2.24) is 4.90 Å². The van der Waals surface area contributed by atoms with Crippen LogP contribution in [-0.4, -0.2) is 52.6 Å². The molecule has 2 aromatic rings. The van der Waals surface area contributed by atoms with E-state index in [1.54, 1.807) is 12.1 Å². The average Bonchev–Trinajstić information content (AvgIpc) is 3.39. The number of likely N-dealkylation sites (N-methyl/N-ethyl adjacent to an activating group) is 1. The molecule has 2 aromatic carbocycles. The first-order chi connectivity index (χ1) is 15.0. The zero-order valence-corrected chi connectivity index (χ0v) is 17.6. The Balaban J connectivity index is 1.72. The number of hydrogen-bond acceptors (Lipinski definition) is 8. The highest BCUT2D eigenvalue weighted by Crippen LogP contribution is 2.56. The molecule has 8 nitrogen and oxygen atoms in total. The van der Waals surface area contributed by atoms with Crippen LogP contribution < -0.4 is 23.7 Å². The van der Waals surface area contributed by atoms with Crippen molar-refractivity contribution in [2.75, 3.05) is 41.7 Å². The fourth-order valence-corrected chi connectivity index (χ4v) is 4.78. The van der Waals surface area contributed by atoms with Crippen molar-refractivity contribution in [2.45, 2.75) is 18.6 Å². The second-order valence-corrected chi connectivity index (χ2v) is 7.57. The Morgan fingerprint density at radius 2 is 1.81 bits per heavy atom. The van der Waals surface area contributed by atoms with E-state index >= 15 is 4.39 Å². The van der Waals surface area contributed by atoms with Crippen molar-refractivity contribution in [3.8, 4) is 28.7 Å². The maximum absolute atomic E-state index is 15.3. The molecule has 0 spiro atoms. The summed E-state index contributed by atoms with van der Waals surface area (Å²) in [7, 11) is 6.38. The summed E-state index contributed by atoms with van der Waals surface area (Å²) in [6.07, 6.45) is -0.235. The summed E-state index contributed by atoms with van der Waals surface area (Å²) in [5.74, 6) is 0.462. The van der Waals surface area contributed by atoms with Crippen LogP contribution >= 0.6 is 0 Å². The number of nitrogens with zero attached hydrogens (tertiary/aromatic N) is 1. The Morgan fingerprint density at radius 1 is 1.06 bits per heavy atom. The minimum absolute atomic E-state index is 0.0640. The third-order valence-electron chi connectivity index (χ3n) is 6.15. The quantitative estimate of drug-likeness (QED) is 0.684. The van der Waals surface area contributed by atoms with Gasteiger partial charge in [0, 0.05) is 23.2 Å². The van der Waals surface area contributed by atoms with Gasteiger partial charge in [0.15, 0.2) is 23.1 Å². The van der Waals surface area contributed by atoms with E-state index in [2.05, 4.69) is 0 Å². The first-order valence-corrected chi connectivity index (χ1v) is 9.85. The molecular weight excluding hydrogens is 409 g/mol. The number of rotatable bonds is 4. The number of carbonyl (C=O) groups is 1. The Morgan fingerprint density at radius 3 is 2.52 bits per heavy atom. The van der Waals surface area contributed by atoms with E-state index in [-0.39, 0.29) is 18.3 Å². The number of benzene rings is 2. The zero-order chi connectivity index (χ0) is 21.9. The number of hydrogen-bond donors (Lipinski definition) is 0. The Kier molecular flexibility index (Phi) is 4.58. The topological polar surface area (TPSA) is 75.7 Å². The third kappa shape index (κ3) is 2.65. The molecule has 0 amide bonds. The maximum Gasteiger partial charge on any atom is 0.343 e. The van der Waals surface area contributed by atoms with Crippen LogP contribution in [-0.2, 0) is 11.2 Å². The number of methoxy groups -OCH3 is 3. The summed E-state index contributed by atoms with van der Waals surface area (Å²) < 4.78 is 48.5. The highest BCUT2D eigenvalue weighted by molar-refractivity contribution is 5.98. The van der Waals surface area contributed by atoms with Crippen LogP contribution in [0.3, 0.4) is 0 Å². The molecule has 0 radical (unpaired) electrons. The summed E-state index contributed by atoms with van der Waals surface area (Å²) in [6.45, 7) is 0.484. The molecule has 164 valence electrons. The lowest BCUT2D eigenvalue weighted by Gasteiger charge is -2.38. The number of fused-ring (bicyclic) bond motifs is 3. The highest BCUT2D eigenvalue weighted by atomic mass is 19.1. The van der Waals surface area contributed by atoms with Crippen molar-refractivity contribution in [1.29, 1.82) is 0 Å². The number of cyclic esters (lactones) is 1. The Bertz CT molecular complexity index is 1090. The second kappa shape index (κ2) is 7.19. The van der Waals surface area contributed by atoms with Crippen molar-refractivity contribution < 1.29 is 37.6 Å². The smallest absolute Gasteiger partial charge is 0.343 e. The lowest BCUT2D eigenvalue weighted by atomic mass is 9.85. The van der Waals surface area contributed by atoms with Crippen molar-refractivity contribution >= 4 is 5.97 Å². The second-order valence-electron chi connectivity index (χ2n) is 7.57. The van der Waals surface area contributed by atoms with Crippen LogP contribution in [0.2, 0.25) is 0 Å². The third-order valence-corrected chi connectivity index (χ3v) is 6.15. The molecule has 0 aliphatic carbocycles. The van der Waals surface area contributed by atoms with Crippen LogP contribution in [0.15, 0.2) is 12.1 Å².